The second-order valence-corrected chi connectivity index (χ2v) is 9.59. The molecule has 0 bridgehead atoms. The van der Waals surface area contributed by atoms with Crippen molar-refractivity contribution in [1.82, 2.24) is 0 Å². The molecule has 0 saturated heterocycles. The molecule has 122 valence electrons. The highest BCUT2D eigenvalue weighted by atomic mass is 31.2. The first-order chi connectivity index (χ1) is 9.68. The minimum Gasteiger partial charge on any atom is -0.396 e. The zero-order chi connectivity index (χ0) is 15.1. The molecule has 0 aliphatic heterocycles. The number of hydrogen-bond donors (Lipinski definition) is 1. The number of unbranched alkanes of at least 4 members (excludes halogenated alkanes) is 8. The first-order valence-electron chi connectivity index (χ1n) is 8.86. The largest absolute Gasteiger partial charge is 0.396 e. The topological polar surface area (TPSA) is 37.3 Å². The summed E-state index contributed by atoms with van der Waals surface area (Å²) in [5, 5.41) is 8.83. The predicted octanol–water partition coefficient (Wildman–Crippen LogP) is 5.67. The van der Waals surface area contributed by atoms with E-state index in [1.807, 2.05) is 0 Å². The summed E-state index contributed by atoms with van der Waals surface area (Å²) in [4.78, 5) is 0. The standard InChI is InChI=1S/C17H37O2P/c1-3-5-7-11-15-20(19,16-12-8-6-4-2)17-13-9-10-14-18/h18H,3-17H2,1-2H3. The zero-order valence-corrected chi connectivity index (χ0v) is 14.8. The first kappa shape index (κ1) is 20.2. The van der Waals surface area contributed by atoms with Crippen molar-refractivity contribution in [2.45, 2.75) is 84.5 Å². The zero-order valence-electron chi connectivity index (χ0n) is 13.9. The van der Waals surface area contributed by atoms with E-state index in [2.05, 4.69) is 13.8 Å². The fourth-order valence-corrected chi connectivity index (χ4v) is 5.75. The van der Waals surface area contributed by atoms with Crippen LogP contribution in [-0.2, 0) is 4.57 Å². The van der Waals surface area contributed by atoms with E-state index in [-0.39, 0.29) is 6.61 Å². The lowest BCUT2D eigenvalue weighted by Gasteiger charge is -2.18. The summed E-state index contributed by atoms with van der Waals surface area (Å²) in [6.45, 7) is 4.72. The number of aliphatic hydroxyl groups excluding tert-OH is 1. The molecule has 0 atom stereocenters. The maximum atomic E-state index is 13.0. The summed E-state index contributed by atoms with van der Waals surface area (Å²) in [6.07, 6.45) is 15.6. The van der Waals surface area contributed by atoms with E-state index >= 15 is 0 Å². The van der Waals surface area contributed by atoms with Crippen LogP contribution in [-0.4, -0.2) is 30.2 Å². The molecule has 0 aliphatic rings. The van der Waals surface area contributed by atoms with Crippen molar-refractivity contribution < 1.29 is 9.67 Å². The Balaban J connectivity index is 4.02. The maximum Gasteiger partial charge on any atom is 0.0877 e. The fourth-order valence-electron chi connectivity index (χ4n) is 2.68. The molecule has 0 amide bonds. The van der Waals surface area contributed by atoms with E-state index in [4.69, 9.17) is 5.11 Å². The molecule has 1 N–H and O–H groups in total. The van der Waals surface area contributed by atoms with E-state index < -0.39 is 7.14 Å². The molecule has 0 heterocycles. The molecule has 2 nitrogen and oxygen atoms in total. The van der Waals surface area contributed by atoms with Gasteiger partial charge in [0.2, 0.25) is 0 Å². The molecule has 0 rings (SSSR count). The Bertz CT molecular complexity index is 203. The number of rotatable bonds is 15. The average Bonchev–Trinajstić information content (AvgIpc) is 2.45. The van der Waals surface area contributed by atoms with Gasteiger partial charge < -0.3 is 9.67 Å². The fraction of sp³-hybridized carbons (Fsp3) is 1.00. The second kappa shape index (κ2) is 14.1. The van der Waals surface area contributed by atoms with E-state index in [1.165, 1.54) is 38.5 Å². The van der Waals surface area contributed by atoms with Crippen LogP contribution in [0.25, 0.3) is 0 Å². The van der Waals surface area contributed by atoms with Gasteiger partial charge in [-0.05, 0) is 25.7 Å². The van der Waals surface area contributed by atoms with Gasteiger partial charge in [-0.1, -0.05) is 58.8 Å². The van der Waals surface area contributed by atoms with Crippen LogP contribution in [0.5, 0.6) is 0 Å². The van der Waals surface area contributed by atoms with Gasteiger partial charge in [0.05, 0.1) is 7.14 Å². The Morgan fingerprint density at radius 3 is 1.40 bits per heavy atom. The molecule has 3 heteroatoms. The molecular formula is C17H37O2P. The first-order valence-corrected chi connectivity index (χ1v) is 11.1. The van der Waals surface area contributed by atoms with Crippen LogP contribution in [0.4, 0.5) is 0 Å². The maximum absolute atomic E-state index is 13.0. The molecule has 0 aromatic rings. The molecule has 0 unspecified atom stereocenters. The lowest BCUT2D eigenvalue weighted by Crippen LogP contribution is -2.02. The Kier molecular flexibility index (Phi) is 14.3. The van der Waals surface area contributed by atoms with Crippen LogP contribution in [0.3, 0.4) is 0 Å². The van der Waals surface area contributed by atoms with Crippen molar-refractivity contribution in [3.8, 4) is 0 Å². The third-order valence-corrected chi connectivity index (χ3v) is 7.46. The van der Waals surface area contributed by atoms with E-state index in [1.54, 1.807) is 0 Å². The lowest BCUT2D eigenvalue weighted by molar-refractivity contribution is 0.284. The van der Waals surface area contributed by atoms with Crippen LogP contribution in [0, 0.1) is 0 Å². The van der Waals surface area contributed by atoms with Crippen molar-refractivity contribution in [2.24, 2.45) is 0 Å². The molecule has 0 radical (unpaired) electrons. The summed E-state index contributed by atoms with van der Waals surface area (Å²) < 4.78 is 13.0. The minimum absolute atomic E-state index is 0.275. The Morgan fingerprint density at radius 1 is 0.650 bits per heavy atom. The molecule has 0 aromatic carbocycles. The Hall–Kier alpha value is 0.190. The summed E-state index contributed by atoms with van der Waals surface area (Å²) >= 11 is 0. The van der Waals surface area contributed by atoms with Gasteiger partial charge in [-0.25, -0.2) is 0 Å². The van der Waals surface area contributed by atoms with Crippen LogP contribution in [0.1, 0.15) is 84.5 Å². The monoisotopic (exact) mass is 304 g/mol. The molecule has 0 aliphatic carbocycles. The summed E-state index contributed by atoms with van der Waals surface area (Å²) in [6, 6.07) is 0. The second-order valence-electron chi connectivity index (χ2n) is 6.13. The van der Waals surface area contributed by atoms with Gasteiger partial charge in [0.25, 0.3) is 0 Å². The highest BCUT2D eigenvalue weighted by Crippen LogP contribution is 2.48. The summed E-state index contributed by atoms with van der Waals surface area (Å²) in [7, 11) is -1.92. The van der Waals surface area contributed by atoms with E-state index in [0.717, 1.165) is 50.6 Å². The van der Waals surface area contributed by atoms with Crippen LogP contribution >= 0.6 is 7.14 Å². The third-order valence-electron chi connectivity index (χ3n) is 4.06. The SMILES string of the molecule is CCCCCCP(=O)(CCCCCC)CCCCCO. The van der Waals surface area contributed by atoms with Gasteiger partial charge in [0.15, 0.2) is 0 Å². The molecule has 20 heavy (non-hydrogen) atoms. The van der Waals surface area contributed by atoms with E-state index in [0.29, 0.717) is 0 Å². The third kappa shape index (κ3) is 12.0. The van der Waals surface area contributed by atoms with Crippen LogP contribution < -0.4 is 0 Å². The van der Waals surface area contributed by atoms with Gasteiger partial charge in [-0.15, -0.1) is 0 Å². The quantitative estimate of drug-likeness (QED) is 0.312. The minimum atomic E-state index is -1.92. The number of hydrogen-bond acceptors (Lipinski definition) is 2. The van der Waals surface area contributed by atoms with Crippen molar-refractivity contribution in [1.29, 1.82) is 0 Å². The molecule has 0 fully saturated rings. The van der Waals surface area contributed by atoms with Crippen LogP contribution in [0.2, 0.25) is 0 Å². The lowest BCUT2D eigenvalue weighted by atomic mass is 10.2. The summed E-state index contributed by atoms with van der Waals surface area (Å²) in [5.41, 5.74) is 0. The van der Waals surface area contributed by atoms with Crippen molar-refractivity contribution in [2.75, 3.05) is 25.1 Å². The molecule has 0 aromatic heterocycles. The van der Waals surface area contributed by atoms with Gasteiger partial charge in [0.1, 0.15) is 0 Å². The van der Waals surface area contributed by atoms with Crippen molar-refractivity contribution >= 4 is 7.14 Å². The normalized spacial score (nSPS) is 11.9. The molecule has 0 saturated carbocycles. The predicted molar refractivity (Wildman–Crippen MR) is 91.4 cm³/mol. The van der Waals surface area contributed by atoms with E-state index in [9.17, 15) is 4.57 Å². The summed E-state index contributed by atoms with van der Waals surface area (Å²) in [5.74, 6) is 0. The molecule has 0 spiro atoms. The highest BCUT2D eigenvalue weighted by molar-refractivity contribution is 7.63. The Labute approximate surface area is 127 Å². The van der Waals surface area contributed by atoms with Crippen molar-refractivity contribution in [3.05, 3.63) is 0 Å². The smallest absolute Gasteiger partial charge is 0.0877 e. The van der Waals surface area contributed by atoms with Gasteiger partial charge in [0, 0.05) is 25.1 Å². The van der Waals surface area contributed by atoms with Gasteiger partial charge in [-0.2, -0.15) is 0 Å². The Morgan fingerprint density at radius 2 is 1.05 bits per heavy atom. The average molecular weight is 304 g/mol. The van der Waals surface area contributed by atoms with Crippen LogP contribution in [0.15, 0.2) is 0 Å². The highest BCUT2D eigenvalue weighted by Gasteiger charge is 2.20. The van der Waals surface area contributed by atoms with Gasteiger partial charge >= 0.3 is 0 Å². The molecular weight excluding hydrogens is 267 g/mol. The van der Waals surface area contributed by atoms with Gasteiger partial charge in [-0.3, -0.25) is 0 Å². The van der Waals surface area contributed by atoms with Crippen molar-refractivity contribution in [3.63, 3.8) is 0 Å². The number of aliphatic hydroxyl groups is 1.